The highest BCUT2D eigenvalue weighted by atomic mass is 19.1. The molecule has 0 fully saturated rings. The summed E-state index contributed by atoms with van der Waals surface area (Å²) in [5.74, 6) is -2.10. The zero-order valence-corrected chi connectivity index (χ0v) is 16.9. The van der Waals surface area contributed by atoms with Crippen LogP contribution in [0.3, 0.4) is 0 Å². The van der Waals surface area contributed by atoms with E-state index < -0.39 is 23.4 Å². The van der Waals surface area contributed by atoms with Crippen LogP contribution in [0.2, 0.25) is 0 Å². The Kier molecular flexibility index (Phi) is 6.21. The number of halogens is 3. The maximum Gasteiger partial charge on any atom is 0.256 e. The number of anilines is 1. The lowest BCUT2D eigenvalue weighted by atomic mass is 10.2. The molecule has 1 heterocycles. The summed E-state index contributed by atoms with van der Waals surface area (Å²) >= 11 is 0. The molecule has 0 spiro atoms. The number of hydrogen-bond acceptors (Lipinski definition) is 3. The van der Waals surface area contributed by atoms with Crippen LogP contribution in [0.15, 0.2) is 79.0 Å². The summed E-state index contributed by atoms with van der Waals surface area (Å²) in [6.45, 7) is 0.280. The van der Waals surface area contributed by atoms with Gasteiger partial charge in [0.15, 0.2) is 5.82 Å². The molecule has 1 aromatic heterocycles. The number of carbonyl (C=O) groups excluding carboxylic acids is 1. The monoisotopic (exact) mass is 436 g/mol. The molecule has 32 heavy (non-hydrogen) atoms. The summed E-state index contributed by atoms with van der Waals surface area (Å²) in [6.07, 6.45) is 1.47. The van der Waals surface area contributed by atoms with E-state index in [1.165, 1.54) is 29.1 Å². The molecule has 1 amide bonds. The molecule has 0 saturated carbocycles. The second kappa shape index (κ2) is 9.38. The first-order valence-corrected chi connectivity index (χ1v) is 9.85. The van der Waals surface area contributed by atoms with Crippen molar-refractivity contribution >= 4 is 11.7 Å². The van der Waals surface area contributed by atoms with E-state index in [4.69, 9.17) is 0 Å². The van der Waals surface area contributed by atoms with E-state index in [0.717, 1.165) is 17.7 Å². The Morgan fingerprint density at radius 1 is 0.875 bits per heavy atom. The van der Waals surface area contributed by atoms with Crippen molar-refractivity contribution in [1.82, 2.24) is 15.1 Å². The molecule has 2 N–H and O–H groups in total. The largest absolute Gasteiger partial charge is 0.364 e. The quantitative estimate of drug-likeness (QED) is 0.436. The Labute approximate surface area is 182 Å². The SMILES string of the molecule is O=C(NCc1ccc(F)cc1F)c1cn(-c2cccc(F)c2)nc1NCc1ccccc1. The molecule has 4 rings (SSSR count). The Morgan fingerprint density at radius 3 is 2.41 bits per heavy atom. The third-order valence-corrected chi connectivity index (χ3v) is 4.79. The van der Waals surface area contributed by atoms with Crippen LogP contribution in [-0.2, 0) is 13.1 Å². The molecule has 0 bridgehead atoms. The van der Waals surface area contributed by atoms with Crippen molar-refractivity contribution < 1.29 is 18.0 Å². The Morgan fingerprint density at radius 2 is 1.66 bits per heavy atom. The average molecular weight is 436 g/mol. The van der Waals surface area contributed by atoms with Crippen molar-refractivity contribution in [3.63, 3.8) is 0 Å². The van der Waals surface area contributed by atoms with Gasteiger partial charge in [0.1, 0.15) is 23.0 Å². The molecule has 0 aliphatic rings. The number of rotatable bonds is 7. The van der Waals surface area contributed by atoms with Gasteiger partial charge in [0.25, 0.3) is 5.91 Å². The van der Waals surface area contributed by atoms with Crippen LogP contribution in [0, 0.1) is 17.5 Å². The molecule has 0 unspecified atom stereocenters. The van der Waals surface area contributed by atoms with Crippen molar-refractivity contribution in [2.24, 2.45) is 0 Å². The van der Waals surface area contributed by atoms with Crippen molar-refractivity contribution in [2.75, 3.05) is 5.32 Å². The van der Waals surface area contributed by atoms with Gasteiger partial charge in [-0.05, 0) is 29.8 Å². The van der Waals surface area contributed by atoms with Crippen molar-refractivity contribution in [3.05, 3.63) is 113 Å². The minimum absolute atomic E-state index is 0.131. The number of nitrogens with one attached hydrogen (secondary N) is 2. The summed E-state index contributed by atoms with van der Waals surface area (Å²) in [6, 6.07) is 18.5. The number of benzene rings is 3. The second-order valence-corrected chi connectivity index (χ2v) is 7.07. The van der Waals surface area contributed by atoms with Gasteiger partial charge < -0.3 is 10.6 Å². The van der Waals surface area contributed by atoms with E-state index >= 15 is 0 Å². The lowest BCUT2D eigenvalue weighted by Gasteiger charge is -2.08. The van der Waals surface area contributed by atoms with Crippen LogP contribution < -0.4 is 10.6 Å². The molecule has 0 saturated heterocycles. The Balaban J connectivity index is 1.58. The highest BCUT2D eigenvalue weighted by Gasteiger charge is 2.18. The molecular weight excluding hydrogens is 417 g/mol. The number of nitrogens with zero attached hydrogens (tertiary/aromatic N) is 2. The topological polar surface area (TPSA) is 59.0 Å². The molecule has 5 nitrogen and oxygen atoms in total. The maximum absolute atomic E-state index is 13.9. The third-order valence-electron chi connectivity index (χ3n) is 4.79. The molecule has 0 aliphatic heterocycles. The summed E-state index contributed by atoms with van der Waals surface area (Å²) < 4.78 is 42.1. The van der Waals surface area contributed by atoms with Crippen molar-refractivity contribution in [2.45, 2.75) is 13.1 Å². The molecule has 0 aliphatic carbocycles. The zero-order valence-electron chi connectivity index (χ0n) is 16.9. The van der Waals surface area contributed by atoms with Gasteiger partial charge in [0.2, 0.25) is 0 Å². The van der Waals surface area contributed by atoms with Crippen LogP contribution in [0.5, 0.6) is 0 Å². The predicted molar refractivity (Wildman–Crippen MR) is 115 cm³/mol. The lowest BCUT2D eigenvalue weighted by molar-refractivity contribution is 0.0951. The van der Waals surface area contributed by atoms with Crippen LogP contribution >= 0.6 is 0 Å². The fraction of sp³-hybridized carbons (Fsp3) is 0.0833. The number of amides is 1. The van der Waals surface area contributed by atoms with E-state index in [9.17, 15) is 18.0 Å². The van der Waals surface area contributed by atoms with Gasteiger partial charge in [-0.3, -0.25) is 4.79 Å². The molecule has 3 aromatic carbocycles. The van der Waals surface area contributed by atoms with Gasteiger partial charge in [-0.25, -0.2) is 17.9 Å². The molecule has 162 valence electrons. The first kappa shape index (κ1) is 21.2. The zero-order chi connectivity index (χ0) is 22.5. The summed E-state index contributed by atoms with van der Waals surface area (Å²) in [4.78, 5) is 12.9. The van der Waals surface area contributed by atoms with Crippen molar-refractivity contribution in [3.8, 4) is 5.69 Å². The number of aromatic nitrogens is 2. The van der Waals surface area contributed by atoms with Gasteiger partial charge in [-0.1, -0.05) is 42.5 Å². The fourth-order valence-corrected chi connectivity index (χ4v) is 3.14. The van der Waals surface area contributed by atoms with Gasteiger partial charge in [-0.15, -0.1) is 5.10 Å². The second-order valence-electron chi connectivity index (χ2n) is 7.07. The predicted octanol–water partition coefficient (Wildman–Crippen LogP) is 4.83. The summed E-state index contributed by atoms with van der Waals surface area (Å²) in [5, 5.41) is 10.1. The summed E-state index contributed by atoms with van der Waals surface area (Å²) in [5.41, 5.74) is 1.77. The van der Waals surface area contributed by atoms with Crippen LogP contribution in [0.4, 0.5) is 19.0 Å². The fourth-order valence-electron chi connectivity index (χ4n) is 3.14. The minimum Gasteiger partial charge on any atom is -0.364 e. The minimum atomic E-state index is -0.747. The molecular formula is C24H19F3N4O. The van der Waals surface area contributed by atoms with E-state index in [1.54, 1.807) is 12.1 Å². The Bertz CT molecular complexity index is 1240. The lowest BCUT2D eigenvalue weighted by Crippen LogP contribution is -2.24. The van der Waals surface area contributed by atoms with Gasteiger partial charge in [0, 0.05) is 30.9 Å². The standard InChI is InChI=1S/C24H19F3N4O/c25-18-7-4-8-20(11-18)31-15-21(23(30-31)28-13-16-5-2-1-3-6-16)24(32)29-14-17-9-10-19(26)12-22(17)27/h1-12,15H,13-14H2,(H,28,30)(H,29,32). The third kappa shape index (κ3) is 4.97. The highest BCUT2D eigenvalue weighted by molar-refractivity contribution is 5.98. The van der Waals surface area contributed by atoms with Gasteiger partial charge in [0.05, 0.1) is 5.69 Å². The van der Waals surface area contributed by atoms with Crippen LogP contribution in [0.1, 0.15) is 21.5 Å². The molecule has 0 radical (unpaired) electrons. The number of hydrogen-bond donors (Lipinski definition) is 2. The van der Waals surface area contributed by atoms with E-state index in [0.29, 0.717) is 12.2 Å². The molecule has 0 atom stereocenters. The average Bonchev–Trinajstić information content (AvgIpc) is 3.22. The van der Waals surface area contributed by atoms with Crippen molar-refractivity contribution in [1.29, 1.82) is 0 Å². The van der Waals surface area contributed by atoms with Gasteiger partial charge >= 0.3 is 0 Å². The van der Waals surface area contributed by atoms with E-state index in [2.05, 4.69) is 15.7 Å². The molecule has 4 aromatic rings. The Hall–Kier alpha value is -4.07. The van der Waals surface area contributed by atoms with Crippen LogP contribution in [-0.4, -0.2) is 15.7 Å². The number of carbonyl (C=O) groups is 1. The smallest absolute Gasteiger partial charge is 0.256 e. The first-order valence-electron chi connectivity index (χ1n) is 9.85. The maximum atomic E-state index is 13.9. The molecule has 8 heteroatoms. The first-order chi connectivity index (χ1) is 15.5. The van der Waals surface area contributed by atoms with Gasteiger partial charge in [-0.2, -0.15) is 0 Å². The summed E-state index contributed by atoms with van der Waals surface area (Å²) in [7, 11) is 0. The van der Waals surface area contributed by atoms with E-state index in [1.807, 2.05) is 30.3 Å². The normalized spacial score (nSPS) is 10.7. The van der Waals surface area contributed by atoms with E-state index in [-0.39, 0.29) is 23.5 Å². The highest BCUT2D eigenvalue weighted by Crippen LogP contribution is 2.19. The van der Waals surface area contributed by atoms with Crippen LogP contribution in [0.25, 0.3) is 5.69 Å².